The molecule has 1 aromatic rings. The predicted octanol–water partition coefficient (Wildman–Crippen LogP) is 2.01. The molecule has 0 spiro atoms. The van der Waals surface area contributed by atoms with Crippen molar-refractivity contribution in [2.24, 2.45) is 5.92 Å². The number of likely N-dealkylation sites (tertiary alicyclic amines) is 1. The third-order valence-electron chi connectivity index (χ3n) is 4.85. The van der Waals surface area contributed by atoms with Crippen molar-refractivity contribution >= 4 is 23.6 Å². The van der Waals surface area contributed by atoms with E-state index in [9.17, 15) is 19.5 Å². The van der Waals surface area contributed by atoms with Crippen molar-refractivity contribution in [3.63, 3.8) is 0 Å². The fourth-order valence-electron chi connectivity index (χ4n) is 3.31. The van der Waals surface area contributed by atoms with E-state index in [4.69, 9.17) is 9.47 Å². The Morgan fingerprint density at radius 2 is 2.03 bits per heavy atom. The van der Waals surface area contributed by atoms with E-state index in [-0.39, 0.29) is 25.0 Å². The summed E-state index contributed by atoms with van der Waals surface area (Å²) in [6.45, 7) is 6.41. The SMILES string of the molecule is CO[C@@H](CNC(=O)OC(C)(C)C)C(=O)Nc1cccc(C(=O)N2CCC[C@@H](CO)C2)c1. The van der Waals surface area contributed by atoms with E-state index < -0.39 is 23.7 Å². The maximum atomic E-state index is 12.8. The highest BCUT2D eigenvalue weighted by atomic mass is 16.6. The van der Waals surface area contributed by atoms with E-state index in [2.05, 4.69) is 10.6 Å². The molecule has 1 saturated heterocycles. The van der Waals surface area contributed by atoms with Gasteiger partial charge in [0.05, 0.1) is 6.54 Å². The first-order chi connectivity index (χ1) is 14.6. The molecule has 0 aromatic heterocycles. The lowest BCUT2D eigenvalue weighted by Crippen LogP contribution is -2.42. The highest BCUT2D eigenvalue weighted by Crippen LogP contribution is 2.20. The van der Waals surface area contributed by atoms with Crippen LogP contribution in [0.3, 0.4) is 0 Å². The van der Waals surface area contributed by atoms with Crippen LogP contribution in [0, 0.1) is 5.92 Å². The Bertz CT molecular complexity index is 777. The zero-order valence-corrected chi connectivity index (χ0v) is 18.6. The summed E-state index contributed by atoms with van der Waals surface area (Å²) < 4.78 is 10.3. The van der Waals surface area contributed by atoms with Crippen LogP contribution in [-0.2, 0) is 14.3 Å². The van der Waals surface area contributed by atoms with E-state index >= 15 is 0 Å². The average Bonchev–Trinajstić information content (AvgIpc) is 2.72. The molecule has 0 saturated carbocycles. The van der Waals surface area contributed by atoms with Crippen molar-refractivity contribution < 1.29 is 29.0 Å². The number of carbonyl (C=O) groups is 3. The summed E-state index contributed by atoms with van der Waals surface area (Å²) in [5.74, 6) is -0.494. The minimum absolute atomic E-state index is 0.0633. The second kappa shape index (κ2) is 11.1. The van der Waals surface area contributed by atoms with Gasteiger partial charge in [0.15, 0.2) is 6.10 Å². The van der Waals surface area contributed by atoms with Crippen LogP contribution in [0.5, 0.6) is 0 Å². The molecule has 1 heterocycles. The number of alkyl carbamates (subject to hydrolysis) is 1. The Balaban J connectivity index is 1.96. The summed E-state index contributed by atoms with van der Waals surface area (Å²) in [6, 6.07) is 6.67. The molecule has 2 rings (SSSR count). The van der Waals surface area contributed by atoms with E-state index in [1.807, 2.05) is 0 Å². The highest BCUT2D eigenvalue weighted by Gasteiger charge is 2.25. The first-order valence-corrected chi connectivity index (χ1v) is 10.4. The number of hydrogen-bond donors (Lipinski definition) is 3. The smallest absolute Gasteiger partial charge is 0.407 e. The van der Waals surface area contributed by atoms with Crippen LogP contribution in [0.15, 0.2) is 24.3 Å². The number of aliphatic hydroxyl groups excluding tert-OH is 1. The average molecular weight is 436 g/mol. The van der Waals surface area contributed by atoms with E-state index in [1.54, 1.807) is 49.9 Å². The van der Waals surface area contributed by atoms with Crippen LogP contribution in [0.1, 0.15) is 44.0 Å². The maximum Gasteiger partial charge on any atom is 0.407 e. The Hall–Kier alpha value is -2.65. The maximum absolute atomic E-state index is 12.8. The van der Waals surface area contributed by atoms with Crippen molar-refractivity contribution in [1.82, 2.24) is 10.2 Å². The highest BCUT2D eigenvalue weighted by molar-refractivity contribution is 5.98. The van der Waals surface area contributed by atoms with Gasteiger partial charge in [0.1, 0.15) is 5.60 Å². The van der Waals surface area contributed by atoms with Gasteiger partial charge in [-0.15, -0.1) is 0 Å². The van der Waals surface area contributed by atoms with Crippen LogP contribution in [0.2, 0.25) is 0 Å². The van der Waals surface area contributed by atoms with Crippen LogP contribution < -0.4 is 10.6 Å². The van der Waals surface area contributed by atoms with Gasteiger partial charge in [0.2, 0.25) is 0 Å². The first-order valence-electron chi connectivity index (χ1n) is 10.4. The van der Waals surface area contributed by atoms with Gasteiger partial charge >= 0.3 is 6.09 Å². The molecule has 0 bridgehead atoms. The zero-order valence-electron chi connectivity index (χ0n) is 18.6. The third kappa shape index (κ3) is 7.84. The normalized spacial score (nSPS) is 17.6. The first kappa shape index (κ1) is 24.6. The second-order valence-electron chi connectivity index (χ2n) is 8.62. The molecule has 0 unspecified atom stereocenters. The lowest BCUT2D eigenvalue weighted by molar-refractivity contribution is -0.125. The van der Waals surface area contributed by atoms with E-state index in [0.717, 1.165) is 12.8 Å². The number of anilines is 1. The number of methoxy groups -OCH3 is 1. The molecule has 1 aliphatic rings. The summed E-state index contributed by atoms with van der Waals surface area (Å²) in [5, 5.41) is 14.6. The van der Waals surface area contributed by atoms with Gasteiger partial charge in [-0.2, -0.15) is 0 Å². The monoisotopic (exact) mass is 435 g/mol. The minimum Gasteiger partial charge on any atom is -0.444 e. The van der Waals surface area contributed by atoms with Gasteiger partial charge in [0, 0.05) is 38.1 Å². The Morgan fingerprint density at radius 3 is 2.68 bits per heavy atom. The van der Waals surface area contributed by atoms with Gasteiger partial charge in [-0.1, -0.05) is 6.07 Å². The number of rotatable bonds is 7. The van der Waals surface area contributed by atoms with Gasteiger partial charge in [-0.05, 0) is 57.7 Å². The summed E-state index contributed by atoms with van der Waals surface area (Å²) >= 11 is 0. The molecule has 0 radical (unpaired) electrons. The summed E-state index contributed by atoms with van der Waals surface area (Å²) in [5.41, 5.74) is 0.260. The van der Waals surface area contributed by atoms with Gasteiger partial charge in [-0.3, -0.25) is 9.59 Å². The molecule has 2 atom stereocenters. The van der Waals surface area contributed by atoms with E-state index in [1.165, 1.54) is 7.11 Å². The number of piperidine rings is 1. The quantitative estimate of drug-likeness (QED) is 0.603. The van der Waals surface area contributed by atoms with Crippen LogP contribution in [0.4, 0.5) is 10.5 Å². The number of benzene rings is 1. The number of amides is 3. The van der Waals surface area contributed by atoms with Crippen LogP contribution in [-0.4, -0.2) is 73.0 Å². The van der Waals surface area contributed by atoms with E-state index in [0.29, 0.717) is 24.3 Å². The van der Waals surface area contributed by atoms with Gasteiger partial charge in [0.25, 0.3) is 11.8 Å². The van der Waals surface area contributed by atoms with Crippen LogP contribution in [0.25, 0.3) is 0 Å². The fraction of sp³-hybridized carbons (Fsp3) is 0.591. The van der Waals surface area contributed by atoms with Gasteiger partial charge < -0.3 is 30.1 Å². The molecule has 1 aromatic carbocycles. The zero-order chi connectivity index (χ0) is 23.0. The molecule has 3 amide bonds. The molecule has 31 heavy (non-hydrogen) atoms. The Morgan fingerprint density at radius 1 is 1.29 bits per heavy atom. The number of carbonyl (C=O) groups excluding carboxylic acids is 3. The molecule has 0 aliphatic carbocycles. The largest absolute Gasteiger partial charge is 0.444 e. The minimum atomic E-state index is -0.931. The number of hydrogen-bond acceptors (Lipinski definition) is 6. The third-order valence-corrected chi connectivity index (χ3v) is 4.85. The molecule has 1 fully saturated rings. The Kier molecular flexibility index (Phi) is 8.82. The standard InChI is InChI=1S/C22H33N3O6/c1-22(2,3)31-21(29)23-12-18(30-4)19(27)24-17-9-5-8-16(11-17)20(28)25-10-6-7-15(13-25)14-26/h5,8-9,11,15,18,26H,6-7,10,12-14H2,1-4H3,(H,23,29)(H,24,27)/t15-,18+/m1/s1. The number of nitrogens with zero attached hydrogens (tertiary/aromatic N) is 1. The molecule has 9 nitrogen and oxygen atoms in total. The van der Waals surface area contributed by atoms with Crippen molar-refractivity contribution in [2.75, 3.05) is 38.7 Å². The molecular weight excluding hydrogens is 402 g/mol. The summed E-state index contributed by atoms with van der Waals surface area (Å²) in [6.07, 6.45) is 0.191. The van der Waals surface area contributed by atoms with Crippen LogP contribution >= 0.6 is 0 Å². The number of aliphatic hydroxyl groups is 1. The Labute approximate surface area is 183 Å². The summed E-state index contributed by atoms with van der Waals surface area (Å²) in [4.78, 5) is 38.9. The van der Waals surface area contributed by atoms with Crippen molar-refractivity contribution in [3.05, 3.63) is 29.8 Å². The molecule has 9 heteroatoms. The van der Waals surface area contributed by atoms with Gasteiger partial charge in [-0.25, -0.2) is 4.79 Å². The number of ether oxygens (including phenoxy) is 2. The molecular formula is C22H33N3O6. The summed E-state index contributed by atoms with van der Waals surface area (Å²) in [7, 11) is 1.37. The fourth-order valence-corrected chi connectivity index (χ4v) is 3.31. The molecule has 3 N–H and O–H groups in total. The van der Waals surface area contributed by atoms with Crippen molar-refractivity contribution in [1.29, 1.82) is 0 Å². The lowest BCUT2D eigenvalue weighted by Gasteiger charge is -2.32. The predicted molar refractivity (Wildman–Crippen MR) is 116 cm³/mol. The molecule has 1 aliphatic heterocycles. The van der Waals surface area contributed by atoms with Crippen molar-refractivity contribution in [2.45, 2.75) is 45.3 Å². The lowest BCUT2D eigenvalue weighted by atomic mass is 9.98. The van der Waals surface area contributed by atoms with Crippen molar-refractivity contribution in [3.8, 4) is 0 Å². The molecule has 172 valence electrons. The second-order valence-corrected chi connectivity index (χ2v) is 8.62. The topological polar surface area (TPSA) is 117 Å². The number of nitrogens with one attached hydrogen (secondary N) is 2.